The van der Waals surface area contributed by atoms with Crippen molar-refractivity contribution in [3.05, 3.63) is 53.9 Å². The molecule has 0 aliphatic carbocycles. The van der Waals surface area contributed by atoms with Crippen LogP contribution in [0.5, 0.6) is 11.5 Å². The molecule has 7 nitrogen and oxygen atoms in total. The molecule has 3 N–H and O–H groups in total. The van der Waals surface area contributed by atoms with Crippen molar-refractivity contribution in [1.29, 1.82) is 0 Å². The first-order valence-corrected chi connectivity index (χ1v) is 6.81. The molecule has 0 aliphatic rings. The third-order valence-electron chi connectivity index (χ3n) is 3.27. The minimum atomic E-state index is -0.330. The van der Waals surface area contributed by atoms with Gasteiger partial charge in [-0.3, -0.25) is 4.79 Å². The molecule has 3 aromatic rings. The molecule has 23 heavy (non-hydrogen) atoms. The fraction of sp³-hybridized carbons (Fsp3) is 0.0625. The summed E-state index contributed by atoms with van der Waals surface area (Å²) in [7, 11) is 1.46. The van der Waals surface area contributed by atoms with Crippen molar-refractivity contribution in [2.45, 2.75) is 0 Å². The standard InChI is InChI=1S/C16H14N4O3/c1-23-15-6-10(2-5-14(15)21)8-19-20-16(22)11-3-4-12-13(7-11)18-9-17-12/h2-9,21H,1H3,(H,17,18)(H,20,22)/b19-8-. The molecule has 0 saturated heterocycles. The van der Waals surface area contributed by atoms with E-state index in [-0.39, 0.29) is 11.7 Å². The summed E-state index contributed by atoms with van der Waals surface area (Å²) in [5.41, 5.74) is 5.18. The van der Waals surface area contributed by atoms with E-state index in [1.54, 1.807) is 36.7 Å². The minimum Gasteiger partial charge on any atom is -0.504 e. The van der Waals surface area contributed by atoms with Crippen LogP contribution in [-0.2, 0) is 0 Å². The van der Waals surface area contributed by atoms with E-state index in [1.165, 1.54) is 19.4 Å². The Morgan fingerprint density at radius 1 is 1.35 bits per heavy atom. The van der Waals surface area contributed by atoms with Crippen LogP contribution in [0, 0.1) is 0 Å². The molecule has 7 heteroatoms. The molecule has 0 saturated carbocycles. The Kier molecular flexibility index (Phi) is 3.92. The van der Waals surface area contributed by atoms with Crippen LogP contribution >= 0.6 is 0 Å². The van der Waals surface area contributed by atoms with Crippen molar-refractivity contribution in [2.75, 3.05) is 7.11 Å². The third-order valence-corrected chi connectivity index (χ3v) is 3.27. The molecule has 1 amide bonds. The highest BCUT2D eigenvalue weighted by Gasteiger charge is 2.06. The summed E-state index contributed by atoms with van der Waals surface area (Å²) in [6.45, 7) is 0. The van der Waals surface area contributed by atoms with E-state index in [4.69, 9.17) is 4.74 Å². The molecule has 0 unspecified atom stereocenters. The van der Waals surface area contributed by atoms with Gasteiger partial charge in [0.1, 0.15) is 0 Å². The van der Waals surface area contributed by atoms with Gasteiger partial charge in [0.25, 0.3) is 5.91 Å². The summed E-state index contributed by atoms with van der Waals surface area (Å²) < 4.78 is 5.01. The smallest absolute Gasteiger partial charge is 0.271 e. The number of methoxy groups -OCH3 is 1. The fourth-order valence-corrected chi connectivity index (χ4v) is 2.08. The average Bonchev–Trinajstić information content (AvgIpc) is 3.03. The average molecular weight is 310 g/mol. The number of carbonyl (C=O) groups is 1. The van der Waals surface area contributed by atoms with Crippen LogP contribution < -0.4 is 10.2 Å². The van der Waals surface area contributed by atoms with Gasteiger partial charge in [-0.05, 0) is 42.0 Å². The van der Waals surface area contributed by atoms with Crippen molar-refractivity contribution < 1.29 is 14.6 Å². The lowest BCUT2D eigenvalue weighted by atomic mass is 10.2. The Balaban J connectivity index is 1.70. The zero-order chi connectivity index (χ0) is 16.2. The molecular weight excluding hydrogens is 296 g/mol. The molecule has 1 aromatic heterocycles. The van der Waals surface area contributed by atoms with Crippen molar-refractivity contribution in [2.24, 2.45) is 5.10 Å². The van der Waals surface area contributed by atoms with Gasteiger partial charge >= 0.3 is 0 Å². The second kappa shape index (κ2) is 6.18. The summed E-state index contributed by atoms with van der Waals surface area (Å²) in [5.74, 6) is 0.0509. The van der Waals surface area contributed by atoms with Gasteiger partial charge in [-0.1, -0.05) is 0 Å². The molecule has 0 aliphatic heterocycles. The van der Waals surface area contributed by atoms with Crippen molar-refractivity contribution in [1.82, 2.24) is 15.4 Å². The first-order valence-electron chi connectivity index (χ1n) is 6.81. The Morgan fingerprint density at radius 2 is 2.22 bits per heavy atom. The van der Waals surface area contributed by atoms with Gasteiger partial charge in [0.15, 0.2) is 11.5 Å². The van der Waals surface area contributed by atoms with Crippen LogP contribution in [0.3, 0.4) is 0 Å². The number of H-pyrrole nitrogens is 1. The number of hydrogen-bond acceptors (Lipinski definition) is 5. The zero-order valence-corrected chi connectivity index (χ0v) is 12.3. The number of imidazole rings is 1. The van der Waals surface area contributed by atoms with E-state index in [9.17, 15) is 9.90 Å². The third kappa shape index (κ3) is 3.13. The molecule has 0 fully saturated rings. The maximum absolute atomic E-state index is 12.1. The molecule has 2 aromatic carbocycles. The van der Waals surface area contributed by atoms with Crippen LogP contribution in [0.1, 0.15) is 15.9 Å². The van der Waals surface area contributed by atoms with E-state index >= 15 is 0 Å². The number of hydrogen-bond donors (Lipinski definition) is 3. The molecule has 0 bridgehead atoms. The number of aromatic hydroxyl groups is 1. The Bertz CT molecular complexity index is 886. The van der Waals surface area contributed by atoms with E-state index in [0.717, 1.165) is 11.0 Å². The molecule has 116 valence electrons. The lowest BCUT2D eigenvalue weighted by Gasteiger charge is -2.03. The largest absolute Gasteiger partial charge is 0.504 e. The summed E-state index contributed by atoms with van der Waals surface area (Å²) in [4.78, 5) is 19.1. The number of nitrogens with zero attached hydrogens (tertiary/aromatic N) is 2. The van der Waals surface area contributed by atoms with Gasteiger partial charge < -0.3 is 14.8 Å². The highest BCUT2D eigenvalue weighted by molar-refractivity contribution is 5.97. The predicted molar refractivity (Wildman–Crippen MR) is 85.8 cm³/mol. The maximum atomic E-state index is 12.1. The monoisotopic (exact) mass is 310 g/mol. The van der Waals surface area contributed by atoms with Crippen molar-refractivity contribution in [3.63, 3.8) is 0 Å². The predicted octanol–water partition coefficient (Wildman–Crippen LogP) is 2.04. The SMILES string of the molecule is COc1cc(/C=N\NC(=O)c2ccc3nc[nH]c3c2)ccc1O. The number of amides is 1. The summed E-state index contributed by atoms with van der Waals surface area (Å²) in [6, 6.07) is 9.91. The van der Waals surface area contributed by atoms with Crippen LogP contribution in [0.4, 0.5) is 0 Å². The maximum Gasteiger partial charge on any atom is 0.271 e. The van der Waals surface area contributed by atoms with Gasteiger partial charge in [0, 0.05) is 5.56 Å². The molecule has 0 atom stereocenters. The Labute approximate surface area is 131 Å². The molecule has 3 rings (SSSR count). The van der Waals surface area contributed by atoms with Crippen LogP contribution in [0.25, 0.3) is 11.0 Å². The number of hydrazone groups is 1. The van der Waals surface area contributed by atoms with Gasteiger partial charge in [0.05, 0.1) is 30.7 Å². The molecule has 0 spiro atoms. The van der Waals surface area contributed by atoms with E-state index in [0.29, 0.717) is 16.9 Å². The quantitative estimate of drug-likeness (QED) is 0.507. The number of carbonyl (C=O) groups excluding carboxylic acids is 1. The topological polar surface area (TPSA) is 99.6 Å². The minimum absolute atomic E-state index is 0.0431. The lowest BCUT2D eigenvalue weighted by Crippen LogP contribution is -2.17. The number of aromatic nitrogens is 2. The summed E-state index contributed by atoms with van der Waals surface area (Å²) in [6.07, 6.45) is 3.04. The van der Waals surface area contributed by atoms with E-state index in [2.05, 4.69) is 20.5 Å². The van der Waals surface area contributed by atoms with Crippen LogP contribution in [0.15, 0.2) is 47.8 Å². The van der Waals surface area contributed by atoms with Crippen molar-refractivity contribution >= 4 is 23.2 Å². The highest BCUT2D eigenvalue weighted by Crippen LogP contribution is 2.25. The second-order valence-corrected chi connectivity index (χ2v) is 4.76. The summed E-state index contributed by atoms with van der Waals surface area (Å²) in [5, 5.41) is 13.4. The number of phenols is 1. The van der Waals surface area contributed by atoms with Gasteiger partial charge in [-0.2, -0.15) is 5.10 Å². The summed E-state index contributed by atoms with van der Waals surface area (Å²) >= 11 is 0. The van der Waals surface area contributed by atoms with E-state index < -0.39 is 0 Å². The number of benzene rings is 2. The number of nitrogens with one attached hydrogen (secondary N) is 2. The molecule has 1 heterocycles. The number of rotatable bonds is 4. The number of fused-ring (bicyclic) bond motifs is 1. The second-order valence-electron chi connectivity index (χ2n) is 4.76. The lowest BCUT2D eigenvalue weighted by molar-refractivity contribution is 0.0955. The van der Waals surface area contributed by atoms with Crippen LogP contribution in [-0.4, -0.2) is 34.3 Å². The number of phenolic OH excluding ortho intramolecular Hbond substituents is 1. The van der Waals surface area contributed by atoms with Gasteiger partial charge in [-0.15, -0.1) is 0 Å². The normalized spacial score (nSPS) is 11.0. The van der Waals surface area contributed by atoms with Gasteiger partial charge in [0.2, 0.25) is 0 Å². The van der Waals surface area contributed by atoms with Crippen molar-refractivity contribution in [3.8, 4) is 11.5 Å². The van der Waals surface area contributed by atoms with E-state index in [1.807, 2.05) is 0 Å². The zero-order valence-electron chi connectivity index (χ0n) is 12.3. The Hall–Kier alpha value is -3.35. The highest BCUT2D eigenvalue weighted by atomic mass is 16.5. The number of ether oxygens (including phenoxy) is 1. The fourth-order valence-electron chi connectivity index (χ4n) is 2.08. The molecular formula is C16H14N4O3. The molecule has 0 radical (unpaired) electrons. The first-order chi connectivity index (χ1) is 11.2. The van der Waals surface area contributed by atoms with Gasteiger partial charge in [-0.25, -0.2) is 10.4 Å². The number of aromatic amines is 1. The Morgan fingerprint density at radius 3 is 3.04 bits per heavy atom. The first kappa shape index (κ1) is 14.6. The van der Waals surface area contributed by atoms with Crippen LogP contribution in [0.2, 0.25) is 0 Å².